The Kier molecular flexibility index (Phi) is 8.86. The van der Waals surface area contributed by atoms with Crippen LogP contribution >= 0.6 is 0 Å². The average Bonchev–Trinajstić information content (AvgIpc) is 2.87. The molecule has 0 unspecified atom stereocenters. The lowest BCUT2D eigenvalue weighted by molar-refractivity contribution is 0.0845. The van der Waals surface area contributed by atoms with Crippen LogP contribution in [-0.4, -0.2) is 45.2 Å². The van der Waals surface area contributed by atoms with Crippen LogP contribution in [0.1, 0.15) is 21.5 Å². The number of hydrogen-bond acceptors (Lipinski definition) is 5. The summed E-state index contributed by atoms with van der Waals surface area (Å²) >= 11 is 0. The maximum absolute atomic E-state index is 13.0. The normalized spacial score (nSPS) is 12.7. The molecule has 182 valence electrons. The standard InChI is InChI=1S/C25H27N5O4S/c1-30(35(33,34)18-20-11-6-3-7-12-20)22-14-8-13-21(16-22)25(32)28-23(24(31)17-27-29-26)15-19-9-4-2-5-10-19/h2-14,16,23-24,31H,15,17-18H2,1H3,(H,28,32)/t23-,24+/m0/s1. The zero-order chi connectivity index (χ0) is 25.3. The Hall–Kier alpha value is -3.85. The van der Waals surface area contributed by atoms with E-state index in [2.05, 4.69) is 15.3 Å². The largest absolute Gasteiger partial charge is 0.391 e. The van der Waals surface area contributed by atoms with Crippen LogP contribution in [0.5, 0.6) is 0 Å². The third kappa shape index (κ3) is 7.31. The number of nitrogens with zero attached hydrogens (tertiary/aromatic N) is 4. The number of azide groups is 1. The van der Waals surface area contributed by atoms with Crippen molar-refractivity contribution in [2.24, 2.45) is 5.11 Å². The van der Waals surface area contributed by atoms with Gasteiger partial charge in [-0.2, -0.15) is 0 Å². The summed E-state index contributed by atoms with van der Waals surface area (Å²) in [5, 5.41) is 16.7. The number of amides is 1. The van der Waals surface area contributed by atoms with Crippen LogP contribution in [0.25, 0.3) is 10.4 Å². The molecular formula is C25H27N5O4S. The number of anilines is 1. The number of rotatable bonds is 11. The smallest absolute Gasteiger partial charge is 0.251 e. The molecule has 0 fully saturated rings. The van der Waals surface area contributed by atoms with E-state index in [0.717, 1.165) is 9.87 Å². The molecule has 1 amide bonds. The summed E-state index contributed by atoms with van der Waals surface area (Å²) in [5.41, 5.74) is 10.7. The number of hydrogen-bond donors (Lipinski definition) is 2. The Morgan fingerprint density at radius 1 is 1.03 bits per heavy atom. The van der Waals surface area contributed by atoms with E-state index in [4.69, 9.17) is 5.53 Å². The maximum Gasteiger partial charge on any atom is 0.251 e. The second kappa shape index (κ2) is 12.0. The third-order valence-electron chi connectivity index (χ3n) is 5.49. The van der Waals surface area contributed by atoms with Crippen LogP contribution in [0.3, 0.4) is 0 Å². The molecule has 2 N–H and O–H groups in total. The highest BCUT2D eigenvalue weighted by Crippen LogP contribution is 2.21. The number of aliphatic hydroxyl groups is 1. The van der Waals surface area contributed by atoms with E-state index in [9.17, 15) is 18.3 Å². The van der Waals surface area contributed by atoms with Crippen LogP contribution in [0.15, 0.2) is 90.0 Å². The van der Waals surface area contributed by atoms with E-state index < -0.39 is 28.1 Å². The van der Waals surface area contributed by atoms with Gasteiger partial charge in [0.1, 0.15) is 0 Å². The van der Waals surface area contributed by atoms with Crippen LogP contribution in [0.2, 0.25) is 0 Å². The molecule has 9 nitrogen and oxygen atoms in total. The summed E-state index contributed by atoms with van der Waals surface area (Å²) in [7, 11) is -2.24. The number of sulfonamides is 1. The SMILES string of the molecule is CN(c1cccc(C(=O)N[C@@H](Cc2ccccc2)[C@H](O)CN=[N+]=[N-])c1)S(=O)(=O)Cc1ccccc1. The number of nitrogens with one attached hydrogen (secondary N) is 1. The lowest BCUT2D eigenvalue weighted by Crippen LogP contribution is -2.46. The summed E-state index contributed by atoms with van der Waals surface area (Å²) in [5.74, 6) is -0.660. The molecule has 0 aromatic heterocycles. The molecule has 0 aliphatic rings. The van der Waals surface area contributed by atoms with E-state index in [0.29, 0.717) is 17.7 Å². The Bertz CT molecular complexity index is 1280. The second-order valence-corrected chi connectivity index (χ2v) is 10.0. The van der Waals surface area contributed by atoms with Gasteiger partial charge < -0.3 is 10.4 Å². The van der Waals surface area contributed by atoms with Gasteiger partial charge in [-0.1, -0.05) is 71.8 Å². The highest BCUT2D eigenvalue weighted by atomic mass is 32.2. The lowest BCUT2D eigenvalue weighted by Gasteiger charge is -2.24. The van der Waals surface area contributed by atoms with Crippen molar-refractivity contribution in [3.05, 3.63) is 112 Å². The number of benzene rings is 3. The zero-order valence-electron chi connectivity index (χ0n) is 19.2. The highest BCUT2D eigenvalue weighted by molar-refractivity contribution is 7.92. The van der Waals surface area contributed by atoms with Gasteiger partial charge in [-0.3, -0.25) is 9.10 Å². The van der Waals surface area contributed by atoms with Crippen LogP contribution in [0, 0.1) is 0 Å². The van der Waals surface area contributed by atoms with E-state index in [1.54, 1.807) is 42.5 Å². The van der Waals surface area contributed by atoms with Crippen molar-refractivity contribution in [1.82, 2.24) is 5.32 Å². The first-order chi connectivity index (χ1) is 16.8. The molecule has 0 aliphatic heterocycles. The Morgan fingerprint density at radius 3 is 2.29 bits per heavy atom. The van der Waals surface area contributed by atoms with Crippen molar-refractivity contribution >= 4 is 21.6 Å². The summed E-state index contributed by atoms with van der Waals surface area (Å²) in [6.07, 6.45) is -0.785. The quantitative estimate of drug-likeness (QED) is 0.239. The van der Waals surface area contributed by atoms with Gasteiger partial charge in [-0.05, 0) is 41.3 Å². The van der Waals surface area contributed by atoms with E-state index in [-0.39, 0.29) is 17.9 Å². The van der Waals surface area contributed by atoms with Crippen LogP contribution in [0.4, 0.5) is 5.69 Å². The second-order valence-electron chi connectivity index (χ2n) is 8.01. The lowest BCUT2D eigenvalue weighted by atomic mass is 10.0. The van der Waals surface area contributed by atoms with Gasteiger partial charge in [0.15, 0.2) is 0 Å². The monoisotopic (exact) mass is 493 g/mol. The molecule has 35 heavy (non-hydrogen) atoms. The first kappa shape index (κ1) is 25.8. The molecule has 0 aliphatic carbocycles. The average molecular weight is 494 g/mol. The predicted molar refractivity (Wildman–Crippen MR) is 135 cm³/mol. The summed E-state index contributed by atoms with van der Waals surface area (Å²) in [4.78, 5) is 15.7. The number of aliphatic hydroxyl groups excluding tert-OH is 1. The Morgan fingerprint density at radius 2 is 1.66 bits per heavy atom. The van der Waals surface area contributed by atoms with Gasteiger partial charge in [0.25, 0.3) is 5.91 Å². The van der Waals surface area contributed by atoms with Crippen LogP contribution < -0.4 is 9.62 Å². The highest BCUT2D eigenvalue weighted by Gasteiger charge is 2.24. The van der Waals surface area contributed by atoms with Gasteiger partial charge >= 0.3 is 0 Å². The minimum absolute atomic E-state index is 0.175. The van der Waals surface area contributed by atoms with Crippen molar-refractivity contribution in [3.8, 4) is 0 Å². The summed E-state index contributed by atoms with van der Waals surface area (Å²) < 4.78 is 27.0. The van der Waals surface area contributed by atoms with Gasteiger partial charge in [-0.15, -0.1) is 0 Å². The van der Waals surface area contributed by atoms with Gasteiger partial charge in [0.2, 0.25) is 10.0 Å². The van der Waals surface area contributed by atoms with Crippen molar-refractivity contribution in [3.63, 3.8) is 0 Å². The van der Waals surface area contributed by atoms with Crippen molar-refractivity contribution in [1.29, 1.82) is 0 Å². The molecule has 2 atom stereocenters. The van der Waals surface area contributed by atoms with Crippen molar-refractivity contribution < 1.29 is 18.3 Å². The van der Waals surface area contributed by atoms with E-state index in [1.165, 1.54) is 13.1 Å². The first-order valence-corrected chi connectivity index (χ1v) is 12.6. The van der Waals surface area contributed by atoms with Gasteiger partial charge in [0, 0.05) is 17.5 Å². The Balaban J connectivity index is 1.78. The topological polar surface area (TPSA) is 135 Å². The molecule has 0 radical (unpaired) electrons. The molecule has 3 aromatic carbocycles. The fourth-order valence-electron chi connectivity index (χ4n) is 3.54. The molecule has 0 saturated carbocycles. The zero-order valence-corrected chi connectivity index (χ0v) is 20.0. The minimum atomic E-state index is -3.68. The summed E-state index contributed by atoms with van der Waals surface area (Å²) in [6, 6.07) is 23.7. The van der Waals surface area contributed by atoms with Crippen molar-refractivity contribution in [2.75, 3.05) is 17.9 Å². The fourth-order valence-corrected chi connectivity index (χ4v) is 4.78. The molecule has 3 aromatic rings. The number of carbonyl (C=O) groups excluding carboxylic acids is 1. The van der Waals surface area contributed by atoms with Gasteiger partial charge in [-0.25, -0.2) is 8.42 Å². The number of carbonyl (C=O) groups is 1. The summed E-state index contributed by atoms with van der Waals surface area (Å²) in [6.45, 7) is -0.200. The van der Waals surface area contributed by atoms with Gasteiger partial charge in [0.05, 0.1) is 30.1 Å². The first-order valence-electron chi connectivity index (χ1n) is 10.9. The fraction of sp³-hybridized carbons (Fsp3) is 0.240. The van der Waals surface area contributed by atoms with E-state index in [1.807, 2.05) is 36.4 Å². The maximum atomic E-state index is 13.0. The molecule has 0 heterocycles. The third-order valence-corrected chi connectivity index (χ3v) is 7.24. The van der Waals surface area contributed by atoms with Crippen molar-refractivity contribution in [2.45, 2.75) is 24.3 Å². The van der Waals surface area contributed by atoms with E-state index >= 15 is 0 Å². The molecule has 10 heteroatoms. The molecule has 3 rings (SSSR count). The van der Waals surface area contributed by atoms with Crippen LogP contribution in [-0.2, 0) is 22.2 Å². The molecular weight excluding hydrogens is 466 g/mol. The minimum Gasteiger partial charge on any atom is -0.391 e. The Labute approximate surface area is 204 Å². The molecule has 0 saturated heterocycles. The molecule has 0 spiro atoms. The predicted octanol–water partition coefficient (Wildman–Crippen LogP) is 3.67. The molecule has 0 bridgehead atoms.